The largest absolute Gasteiger partial charge is 0.316 e. The molecule has 102 valence electrons. The lowest BCUT2D eigenvalue weighted by molar-refractivity contribution is 0.322. The van der Waals surface area contributed by atoms with Crippen molar-refractivity contribution < 1.29 is 8.42 Å². The maximum absolute atomic E-state index is 11.8. The zero-order chi connectivity index (χ0) is 13.0. The lowest BCUT2D eigenvalue weighted by Crippen LogP contribution is -2.44. The Morgan fingerprint density at radius 3 is 2.94 bits per heavy atom. The molecule has 0 saturated carbocycles. The van der Waals surface area contributed by atoms with Gasteiger partial charge in [-0.2, -0.15) is 5.10 Å². The number of rotatable bonds is 7. The van der Waals surface area contributed by atoms with Gasteiger partial charge in [-0.05, 0) is 6.54 Å². The minimum Gasteiger partial charge on any atom is -0.316 e. The van der Waals surface area contributed by atoms with Gasteiger partial charge in [0.25, 0.3) is 0 Å². The molecule has 0 radical (unpaired) electrons. The number of sulfonamides is 1. The summed E-state index contributed by atoms with van der Waals surface area (Å²) in [6, 6.07) is 1.93. The van der Waals surface area contributed by atoms with Crippen molar-refractivity contribution in [2.45, 2.75) is 13.0 Å². The highest BCUT2D eigenvalue weighted by molar-refractivity contribution is 7.92. The van der Waals surface area contributed by atoms with Crippen LogP contribution < -0.4 is 15.4 Å². The molecule has 1 fully saturated rings. The first-order valence-electron chi connectivity index (χ1n) is 6.08. The van der Waals surface area contributed by atoms with E-state index in [0.29, 0.717) is 12.4 Å². The Morgan fingerprint density at radius 2 is 2.33 bits per heavy atom. The van der Waals surface area contributed by atoms with Crippen LogP contribution in [0.25, 0.3) is 0 Å². The summed E-state index contributed by atoms with van der Waals surface area (Å²) in [5, 5.41) is 10.3. The number of hydrogen-bond acceptors (Lipinski definition) is 5. The topological polar surface area (TPSA) is 88.1 Å². The van der Waals surface area contributed by atoms with E-state index < -0.39 is 10.0 Å². The van der Waals surface area contributed by atoms with Gasteiger partial charge in [0.2, 0.25) is 10.0 Å². The first kappa shape index (κ1) is 13.3. The molecule has 0 aromatic carbocycles. The van der Waals surface area contributed by atoms with Gasteiger partial charge in [-0.3, -0.25) is 4.72 Å². The number of nitrogens with zero attached hydrogens (tertiary/aromatic N) is 2. The molecule has 0 atom stereocenters. The summed E-state index contributed by atoms with van der Waals surface area (Å²) in [5.41, 5.74) is 0. The van der Waals surface area contributed by atoms with Crippen LogP contribution in [0.4, 0.5) is 5.82 Å². The Morgan fingerprint density at radius 1 is 1.56 bits per heavy atom. The van der Waals surface area contributed by atoms with Crippen LogP contribution in [-0.4, -0.2) is 50.1 Å². The monoisotopic (exact) mass is 273 g/mol. The number of aromatic nitrogens is 2. The van der Waals surface area contributed by atoms with Crippen molar-refractivity contribution in [1.82, 2.24) is 20.4 Å². The molecule has 0 unspecified atom stereocenters. The summed E-state index contributed by atoms with van der Waals surface area (Å²) in [5.74, 6) is 0.604. The van der Waals surface area contributed by atoms with E-state index in [-0.39, 0.29) is 11.8 Å². The second kappa shape index (κ2) is 5.68. The van der Waals surface area contributed by atoms with Gasteiger partial charge in [-0.1, -0.05) is 6.92 Å². The van der Waals surface area contributed by atoms with Gasteiger partial charge in [-0.25, -0.2) is 13.1 Å². The average Bonchev–Trinajstić information content (AvgIpc) is 2.63. The van der Waals surface area contributed by atoms with Crippen LogP contribution in [-0.2, 0) is 10.0 Å². The standard InChI is InChI=1S/C10H19N5O2S/c1-2-11-5-6-18(16,17)14-10-3-4-13-15(10)9-7-12-8-9/h3-4,9,11-12,14H,2,5-8H2,1H3. The summed E-state index contributed by atoms with van der Waals surface area (Å²) in [7, 11) is -3.31. The van der Waals surface area contributed by atoms with E-state index in [1.807, 2.05) is 6.92 Å². The Bertz CT molecular complexity index is 480. The van der Waals surface area contributed by atoms with Crippen LogP contribution in [0.3, 0.4) is 0 Å². The minimum atomic E-state index is -3.31. The van der Waals surface area contributed by atoms with Gasteiger partial charge in [0, 0.05) is 25.7 Å². The van der Waals surface area contributed by atoms with Crippen LogP contribution >= 0.6 is 0 Å². The first-order chi connectivity index (χ1) is 8.62. The third-order valence-corrected chi connectivity index (χ3v) is 4.10. The van der Waals surface area contributed by atoms with E-state index in [2.05, 4.69) is 20.5 Å². The van der Waals surface area contributed by atoms with Crippen molar-refractivity contribution in [2.75, 3.05) is 36.7 Å². The lowest BCUT2D eigenvalue weighted by Gasteiger charge is -2.28. The maximum Gasteiger partial charge on any atom is 0.235 e. The second-order valence-electron chi connectivity index (χ2n) is 4.25. The summed E-state index contributed by atoms with van der Waals surface area (Å²) in [4.78, 5) is 0. The predicted octanol–water partition coefficient (Wildman–Crippen LogP) is -0.621. The highest BCUT2D eigenvalue weighted by Gasteiger charge is 2.23. The highest BCUT2D eigenvalue weighted by atomic mass is 32.2. The molecule has 1 aliphatic rings. The highest BCUT2D eigenvalue weighted by Crippen LogP contribution is 2.18. The fourth-order valence-electron chi connectivity index (χ4n) is 1.73. The van der Waals surface area contributed by atoms with Crippen molar-refractivity contribution in [1.29, 1.82) is 0 Å². The van der Waals surface area contributed by atoms with Gasteiger partial charge >= 0.3 is 0 Å². The van der Waals surface area contributed by atoms with E-state index in [1.165, 1.54) is 0 Å². The molecule has 0 spiro atoms. The first-order valence-corrected chi connectivity index (χ1v) is 7.73. The van der Waals surface area contributed by atoms with E-state index in [0.717, 1.165) is 19.6 Å². The zero-order valence-corrected chi connectivity index (χ0v) is 11.2. The van der Waals surface area contributed by atoms with Crippen molar-refractivity contribution >= 4 is 15.8 Å². The Kier molecular flexibility index (Phi) is 4.20. The molecule has 18 heavy (non-hydrogen) atoms. The molecular weight excluding hydrogens is 254 g/mol. The minimum absolute atomic E-state index is 0.0644. The maximum atomic E-state index is 11.8. The number of anilines is 1. The van der Waals surface area contributed by atoms with Crippen LogP contribution in [0.2, 0.25) is 0 Å². The molecule has 1 aromatic rings. The zero-order valence-electron chi connectivity index (χ0n) is 10.4. The molecule has 1 aliphatic heterocycles. The number of nitrogens with one attached hydrogen (secondary N) is 3. The van der Waals surface area contributed by atoms with E-state index in [1.54, 1.807) is 16.9 Å². The van der Waals surface area contributed by atoms with Gasteiger partial charge < -0.3 is 10.6 Å². The molecular formula is C10H19N5O2S. The van der Waals surface area contributed by atoms with E-state index in [4.69, 9.17) is 0 Å². The Hall–Kier alpha value is -1.12. The molecule has 1 aromatic heterocycles. The van der Waals surface area contributed by atoms with Crippen molar-refractivity contribution in [2.24, 2.45) is 0 Å². The normalized spacial score (nSPS) is 16.5. The predicted molar refractivity (Wildman–Crippen MR) is 70.1 cm³/mol. The van der Waals surface area contributed by atoms with Crippen LogP contribution in [0, 0.1) is 0 Å². The fourth-order valence-corrected chi connectivity index (χ4v) is 2.72. The van der Waals surface area contributed by atoms with E-state index >= 15 is 0 Å². The summed E-state index contributed by atoms with van der Waals surface area (Å²) >= 11 is 0. The molecule has 0 amide bonds. The molecule has 0 aliphatic carbocycles. The fraction of sp³-hybridized carbons (Fsp3) is 0.700. The van der Waals surface area contributed by atoms with Crippen molar-refractivity contribution in [3.8, 4) is 0 Å². The molecule has 1 saturated heterocycles. The summed E-state index contributed by atoms with van der Waals surface area (Å²) in [6.45, 7) is 4.81. The SMILES string of the molecule is CCNCCS(=O)(=O)Nc1ccnn1C1CNC1. The lowest BCUT2D eigenvalue weighted by atomic mass is 10.2. The second-order valence-corrected chi connectivity index (χ2v) is 6.09. The van der Waals surface area contributed by atoms with Crippen molar-refractivity contribution in [3.05, 3.63) is 12.3 Å². The van der Waals surface area contributed by atoms with E-state index in [9.17, 15) is 8.42 Å². The van der Waals surface area contributed by atoms with Crippen LogP contribution in [0.1, 0.15) is 13.0 Å². The smallest absolute Gasteiger partial charge is 0.235 e. The molecule has 8 heteroatoms. The number of hydrogen-bond donors (Lipinski definition) is 3. The van der Waals surface area contributed by atoms with Gasteiger partial charge in [-0.15, -0.1) is 0 Å². The van der Waals surface area contributed by atoms with Gasteiger partial charge in [0.05, 0.1) is 18.0 Å². The molecule has 7 nitrogen and oxygen atoms in total. The average molecular weight is 273 g/mol. The quantitative estimate of drug-likeness (QED) is 0.576. The summed E-state index contributed by atoms with van der Waals surface area (Å²) in [6.07, 6.45) is 1.61. The molecule has 2 heterocycles. The molecule has 0 bridgehead atoms. The molecule has 2 rings (SSSR count). The van der Waals surface area contributed by atoms with Gasteiger partial charge in [0.15, 0.2) is 0 Å². The third-order valence-electron chi connectivity index (χ3n) is 2.83. The van der Waals surface area contributed by atoms with Gasteiger partial charge in [0.1, 0.15) is 5.82 Å². The van der Waals surface area contributed by atoms with Crippen LogP contribution in [0.5, 0.6) is 0 Å². The third kappa shape index (κ3) is 3.21. The Labute approximate surface area is 107 Å². The van der Waals surface area contributed by atoms with Crippen molar-refractivity contribution in [3.63, 3.8) is 0 Å². The van der Waals surface area contributed by atoms with Crippen LogP contribution in [0.15, 0.2) is 12.3 Å². The Balaban J connectivity index is 1.97. The molecule has 3 N–H and O–H groups in total. The summed E-state index contributed by atoms with van der Waals surface area (Å²) < 4.78 is 28.0.